The van der Waals surface area contributed by atoms with Crippen molar-refractivity contribution in [3.8, 4) is 0 Å². The van der Waals surface area contributed by atoms with E-state index in [1.807, 2.05) is 0 Å². The highest BCUT2D eigenvalue weighted by molar-refractivity contribution is 7.84. The molecule has 0 aromatic heterocycles. The molecule has 0 aliphatic rings. The standard InChI is InChI=1S/C25H22Cl2N2O5S/c1-34-25(32)20(29-23(30)17-6-3-4-9-21(17)35(2)33)14-15-10-12-16(13-11-15)28-24(31)22-18(26)7-5-8-19(22)27/h3-13,20H,14H2,1-2H3,(H,28,31)(H,29,30). The highest BCUT2D eigenvalue weighted by atomic mass is 35.5. The molecule has 3 aromatic rings. The number of nitrogens with one attached hydrogen (secondary N) is 2. The first-order chi connectivity index (χ1) is 16.7. The van der Waals surface area contributed by atoms with E-state index in [1.54, 1.807) is 66.7 Å². The zero-order valence-corrected chi connectivity index (χ0v) is 21.2. The Morgan fingerprint density at radius 1 is 0.914 bits per heavy atom. The first-order valence-corrected chi connectivity index (χ1v) is 12.7. The van der Waals surface area contributed by atoms with Crippen molar-refractivity contribution in [3.63, 3.8) is 0 Å². The number of anilines is 1. The van der Waals surface area contributed by atoms with E-state index in [-0.39, 0.29) is 27.6 Å². The van der Waals surface area contributed by atoms with Gasteiger partial charge in [0.15, 0.2) is 0 Å². The maximum Gasteiger partial charge on any atom is 0.328 e. The van der Waals surface area contributed by atoms with Crippen LogP contribution in [0, 0.1) is 0 Å². The van der Waals surface area contributed by atoms with Gasteiger partial charge in [-0.25, -0.2) is 4.79 Å². The Hall–Kier alpha value is -3.20. The maximum absolute atomic E-state index is 12.8. The lowest BCUT2D eigenvalue weighted by Gasteiger charge is -2.18. The van der Waals surface area contributed by atoms with Gasteiger partial charge in [-0.2, -0.15) is 0 Å². The number of hydrogen-bond acceptors (Lipinski definition) is 5. The fourth-order valence-electron chi connectivity index (χ4n) is 3.34. The molecular formula is C25H22Cl2N2O5S. The molecule has 10 heteroatoms. The van der Waals surface area contributed by atoms with Crippen LogP contribution in [0.2, 0.25) is 10.0 Å². The lowest BCUT2D eigenvalue weighted by atomic mass is 10.0. The Morgan fingerprint density at radius 2 is 1.54 bits per heavy atom. The number of rotatable bonds is 8. The van der Waals surface area contributed by atoms with Crippen molar-refractivity contribution < 1.29 is 23.3 Å². The van der Waals surface area contributed by atoms with Crippen molar-refractivity contribution in [2.45, 2.75) is 17.4 Å². The Morgan fingerprint density at radius 3 is 2.14 bits per heavy atom. The lowest BCUT2D eigenvalue weighted by Crippen LogP contribution is -2.43. The molecule has 2 amide bonds. The van der Waals surface area contributed by atoms with Gasteiger partial charge in [-0.05, 0) is 42.0 Å². The molecule has 3 rings (SSSR count). The van der Waals surface area contributed by atoms with Crippen LogP contribution >= 0.6 is 23.2 Å². The zero-order chi connectivity index (χ0) is 25.5. The molecule has 0 bridgehead atoms. The largest absolute Gasteiger partial charge is 0.467 e. The summed E-state index contributed by atoms with van der Waals surface area (Å²) in [6.45, 7) is 0. The maximum atomic E-state index is 12.8. The summed E-state index contributed by atoms with van der Waals surface area (Å²) in [6.07, 6.45) is 1.62. The van der Waals surface area contributed by atoms with Crippen molar-refractivity contribution in [3.05, 3.63) is 93.5 Å². The molecule has 2 N–H and O–H groups in total. The number of carbonyl (C=O) groups is 3. The second-order valence-corrected chi connectivity index (χ2v) is 9.61. The minimum absolute atomic E-state index is 0.139. The molecular weight excluding hydrogens is 511 g/mol. The fraction of sp³-hybridized carbons (Fsp3) is 0.160. The van der Waals surface area contributed by atoms with Crippen molar-refractivity contribution in [1.82, 2.24) is 5.32 Å². The van der Waals surface area contributed by atoms with Gasteiger partial charge in [0.25, 0.3) is 11.8 Å². The first-order valence-electron chi connectivity index (χ1n) is 10.4. The van der Waals surface area contributed by atoms with E-state index in [9.17, 15) is 18.6 Å². The molecule has 0 radical (unpaired) electrons. The van der Waals surface area contributed by atoms with Crippen LogP contribution < -0.4 is 10.6 Å². The third-order valence-electron chi connectivity index (χ3n) is 5.07. The first kappa shape index (κ1) is 26.4. The zero-order valence-electron chi connectivity index (χ0n) is 18.8. The van der Waals surface area contributed by atoms with Gasteiger partial charge in [-0.15, -0.1) is 0 Å². The number of hydrogen-bond donors (Lipinski definition) is 2. The number of benzene rings is 3. The number of methoxy groups -OCH3 is 1. The van der Waals surface area contributed by atoms with Gasteiger partial charge in [0.1, 0.15) is 6.04 Å². The van der Waals surface area contributed by atoms with Gasteiger partial charge < -0.3 is 15.4 Å². The van der Waals surface area contributed by atoms with Gasteiger partial charge in [-0.1, -0.05) is 53.5 Å². The molecule has 0 saturated carbocycles. The summed E-state index contributed by atoms with van der Waals surface area (Å²) in [5.74, 6) is -1.62. The van der Waals surface area contributed by atoms with E-state index in [4.69, 9.17) is 27.9 Å². The fourth-order valence-corrected chi connectivity index (χ4v) is 4.65. The number of ether oxygens (including phenoxy) is 1. The van der Waals surface area contributed by atoms with Crippen LogP contribution in [0.4, 0.5) is 5.69 Å². The predicted molar refractivity (Wildman–Crippen MR) is 137 cm³/mol. The molecule has 0 saturated heterocycles. The highest BCUT2D eigenvalue weighted by Crippen LogP contribution is 2.25. The summed E-state index contributed by atoms with van der Waals surface area (Å²) in [6, 6.07) is 17.0. The summed E-state index contributed by atoms with van der Waals surface area (Å²) >= 11 is 12.2. The third-order valence-corrected chi connectivity index (χ3v) is 6.68. The van der Waals surface area contributed by atoms with Crippen LogP contribution in [0.25, 0.3) is 0 Å². The smallest absolute Gasteiger partial charge is 0.328 e. The molecule has 182 valence electrons. The van der Waals surface area contributed by atoms with E-state index in [0.717, 1.165) is 0 Å². The van der Waals surface area contributed by atoms with E-state index in [0.29, 0.717) is 16.1 Å². The van der Waals surface area contributed by atoms with Crippen LogP contribution in [0.3, 0.4) is 0 Å². The van der Waals surface area contributed by atoms with E-state index in [2.05, 4.69) is 10.6 Å². The highest BCUT2D eigenvalue weighted by Gasteiger charge is 2.24. The van der Waals surface area contributed by atoms with Gasteiger partial charge in [-0.3, -0.25) is 13.8 Å². The second-order valence-electron chi connectivity index (χ2n) is 7.45. The molecule has 2 atom stereocenters. The summed E-state index contributed by atoms with van der Waals surface area (Å²) in [4.78, 5) is 38.1. The van der Waals surface area contributed by atoms with Gasteiger partial charge >= 0.3 is 5.97 Å². The van der Waals surface area contributed by atoms with Crippen molar-refractivity contribution >= 4 is 57.5 Å². The van der Waals surface area contributed by atoms with Crippen LogP contribution in [0.1, 0.15) is 26.3 Å². The Balaban J connectivity index is 1.73. The minimum Gasteiger partial charge on any atom is -0.467 e. The van der Waals surface area contributed by atoms with Crippen molar-refractivity contribution in [2.75, 3.05) is 18.7 Å². The number of carbonyl (C=O) groups excluding carboxylic acids is 3. The molecule has 0 heterocycles. The Bertz CT molecular complexity index is 1260. The molecule has 7 nitrogen and oxygen atoms in total. The van der Waals surface area contributed by atoms with Crippen molar-refractivity contribution in [2.24, 2.45) is 0 Å². The van der Waals surface area contributed by atoms with E-state index in [1.165, 1.54) is 13.4 Å². The second kappa shape index (κ2) is 12.0. The molecule has 0 aliphatic heterocycles. The number of halogens is 2. The average molecular weight is 533 g/mol. The topological polar surface area (TPSA) is 102 Å². The molecule has 0 aliphatic carbocycles. The lowest BCUT2D eigenvalue weighted by molar-refractivity contribution is -0.142. The quantitative estimate of drug-likeness (QED) is 0.416. The van der Waals surface area contributed by atoms with Gasteiger partial charge in [0.05, 0.1) is 44.0 Å². The average Bonchev–Trinajstić information content (AvgIpc) is 2.84. The summed E-state index contributed by atoms with van der Waals surface area (Å²) in [7, 11) is -0.148. The normalized spacial score (nSPS) is 12.3. The summed E-state index contributed by atoms with van der Waals surface area (Å²) in [5, 5.41) is 5.85. The van der Waals surface area contributed by atoms with Crippen LogP contribution in [0.5, 0.6) is 0 Å². The monoisotopic (exact) mass is 532 g/mol. The molecule has 35 heavy (non-hydrogen) atoms. The van der Waals surface area contributed by atoms with Crippen LogP contribution in [0.15, 0.2) is 71.6 Å². The summed E-state index contributed by atoms with van der Waals surface area (Å²) in [5.41, 5.74) is 1.59. The van der Waals surface area contributed by atoms with Gasteiger partial charge in [0, 0.05) is 18.4 Å². The minimum atomic E-state index is -1.38. The molecule has 2 unspecified atom stereocenters. The number of esters is 1. The molecule has 0 fully saturated rings. The predicted octanol–water partition coefficient (Wildman–Crippen LogP) is 4.50. The van der Waals surface area contributed by atoms with Crippen LogP contribution in [-0.2, 0) is 26.8 Å². The molecule has 0 spiro atoms. The van der Waals surface area contributed by atoms with E-state index >= 15 is 0 Å². The number of amides is 2. The van der Waals surface area contributed by atoms with Crippen molar-refractivity contribution in [1.29, 1.82) is 0 Å². The Labute approximate surface area is 215 Å². The van der Waals surface area contributed by atoms with Crippen LogP contribution in [-0.4, -0.2) is 41.4 Å². The molecule has 3 aromatic carbocycles. The Kier molecular flexibility index (Phi) is 9.03. The summed E-state index contributed by atoms with van der Waals surface area (Å²) < 4.78 is 16.8. The van der Waals surface area contributed by atoms with E-state index < -0.39 is 34.6 Å². The van der Waals surface area contributed by atoms with Gasteiger partial charge in [0.2, 0.25) is 0 Å². The third kappa shape index (κ3) is 6.69. The SMILES string of the molecule is COC(=O)C(Cc1ccc(NC(=O)c2c(Cl)cccc2Cl)cc1)NC(=O)c1ccccc1S(C)=O.